The largest absolute Gasteiger partial charge is 0.469 e. The van der Waals surface area contributed by atoms with Crippen molar-refractivity contribution in [2.45, 2.75) is 57.9 Å². The second-order valence-corrected chi connectivity index (χ2v) is 5.32. The molecule has 88 valence electrons. The van der Waals surface area contributed by atoms with Crippen molar-refractivity contribution in [3.8, 4) is 0 Å². The Morgan fingerprint density at radius 1 is 1.33 bits per heavy atom. The minimum Gasteiger partial charge on any atom is -0.469 e. The molecule has 0 radical (unpaired) electrons. The summed E-state index contributed by atoms with van der Waals surface area (Å²) in [4.78, 5) is 11.5. The molecule has 0 aromatic carbocycles. The molecule has 0 heterocycles. The molecule has 2 N–H and O–H groups in total. The maximum atomic E-state index is 11.5. The summed E-state index contributed by atoms with van der Waals surface area (Å²) in [6.07, 6.45) is 6.18. The first kappa shape index (κ1) is 12.5. The molecular weight excluding hydrogens is 190 g/mol. The third kappa shape index (κ3) is 2.71. The van der Waals surface area contributed by atoms with Crippen LogP contribution in [0.25, 0.3) is 0 Å². The standard InChI is InChI=1S/C12H23NO2/c1-11(2,13)12(9-10(14)15-3)7-5-4-6-8-12/h4-9,13H2,1-3H3. The van der Waals surface area contributed by atoms with E-state index in [1.807, 2.05) is 13.8 Å². The van der Waals surface area contributed by atoms with Crippen LogP contribution < -0.4 is 5.73 Å². The molecule has 0 saturated heterocycles. The normalized spacial score (nSPS) is 21.1. The van der Waals surface area contributed by atoms with E-state index in [0.29, 0.717) is 6.42 Å². The molecule has 1 saturated carbocycles. The molecule has 1 aliphatic rings. The summed E-state index contributed by atoms with van der Waals surface area (Å²) < 4.78 is 4.78. The molecular formula is C12H23NO2. The molecule has 3 nitrogen and oxygen atoms in total. The molecule has 0 spiro atoms. The zero-order valence-electron chi connectivity index (χ0n) is 10.1. The Morgan fingerprint density at radius 2 is 1.87 bits per heavy atom. The number of carbonyl (C=O) groups is 1. The Bertz CT molecular complexity index is 224. The van der Waals surface area contributed by atoms with Gasteiger partial charge >= 0.3 is 5.97 Å². The second kappa shape index (κ2) is 4.52. The number of nitrogens with two attached hydrogens (primary N) is 1. The summed E-state index contributed by atoms with van der Waals surface area (Å²) >= 11 is 0. The van der Waals surface area contributed by atoms with Gasteiger partial charge in [-0.2, -0.15) is 0 Å². The summed E-state index contributed by atoms with van der Waals surface area (Å²) in [5.74, 6) is -0.129. The summed E-state index contributed by atoms with van der Waals surface area (Å²) in [6.45, 7) is 4.06. The van der Waals surface area contributed by atoms with Crippen molar-refractivity contribution in [3.63, 3.8) is 0 Å². The Kier molecular flexibility index (Phi) is 3.77. The van der Waals surface area contributed by atoms with Crippen LogP contribution in [0.15, 0.2) is 0 Å². The smallest absolute Gasteiger partial charge is 0.306 e. The number of hydrogen-bond donors (Lipinski definition) is 1. The number of esters is 1. The van der Waals surface area contributed by atoms with Gasteiger partial charge < -0.3 is 10.5 Å². The molecule has 15 heavy (non-hydrogen) atoms. The van der Waals surface area contributed by atoms with Crippen molar-refractivity contribution >= 4 is 5.97 Å². The lowest BCUT2D eigenvalue weighted by Gasteiger charge is -2.46. The summed E-state index contributed by atoms with van der Waals surface area (Å²) in [5.41, 5.74) is 5.88. The van der Waals surface area contributed by atoms with Crippen LogP contribution in [0.5, 0.6) is 0 Å². The van der Waals surface area contributed by atoms with E-state index in [1.54, 1.807) is 0 Å². The third-order valence-corrected chi connectivity index (χ3v) is 3.89. The number of hydrogen-bond acceptors (Lipinski definition) is 3. The first-order chi connectivity index (χ1) is 6.91. The van der Waals surface area contributed by atoms with E-state index < -0.39 is 0 Å². The molecule has 0 aromatic heterocycles. The summed E-state index contributed by atoms with van der Waals surface area (Å²) in [5, 5.41) is 0. The van der Waals surface area contributed by atoms with Crippen LogP contribution in [-0.4, -0.2) is 18.6 Å². The van der Waals surface area contributed by atoms with E-state index in [1.165, 1.54) is 26.4 Å². The van der Waals surface area contributed by atoms with E-state index in [-0.39, 0.29) is 16.9 Å². The molecule has 1 aliphatic carbocycles. The lowest BCUT2D eigenvalue weighted by molar-refractivity contribution is -0.145. The highest BCUT2D eigenvalue weighted by molar-refractivity contribution is 5.70. The molecule has 0 aromatic rings. The van der Waals surface area contributed by atoms with Crippen LogP contribution >= 0.6 is 0 Å². The van der Waals surface area contributed by atoms with Crippen molar-refractivity contribution in [2.75, 3.05) is 7.11 Å². The molecule has 1 rings (SSSR count). The van der Waals surface area contributed by atoms with Crippen LogP contribution in [0.3, 0.4) is 0 Å². The maximum absolute atomic E-state index is 11.5. The van der Waals surface area contributed by atoms with Gasteiger partial charge in [-0.05, 0) is 32.1 Å². The van der Waals surface area contributed by atoms with Gasteiger partial charge in [0.25, 0.3) is 0 Å². The number of rotatable bonds is 3. The van der Waals surface area contributed by atoms with Gasteiger partial charge in [0.05, 0.1) is 13.5 Å². The number of carbonyl (C=O) groups excluding carboxylic acids is 1. The first-order valence-electron chi connectivity index (χ1n) is 5.77. The Morgan fingerprint density at radius 3 is 2.27 bits per heavy atom. The molecule has 1 fully saturated rings. The number of methoxy groups -OCH3 is 1. The highest BCUT2D eigenvalue weighted by atomic mass is 16.5. The molecule has 0 atom stereocenters. The van der Waals surface area contributed by atoms with Crippen LogP contribution in [0, 0.1) is 5.41 Å². The van der Waals surface area contributed by atoms with Gasteiger partial charge in [-0.1, -0.05) is 19.3 Å². The zero-order valence-corrected chi connectivity index (χ0v) is 10.1. The average molecular weight is 213 g/mol. The van der Waals surface area contributed by atoms with Gasteiger partial charge in [-0.25, -0.2) is 0 Å². The Hall–Kier alpha value is -0.570. The van der Waals surface area contributed by atoms with Gasteiger partial charge in [0, 0.05) is 5.54 Å². The lowest BCUT2D eigenvalue weighted by atomic mass is 9.61. The fraction of sp³-hybridized carbons (Fsp3) is 0.917. The molecule has 3 heteroatoms. The van der Waals surface area contributed by atoms with Crippen molar-refractivity contribution in [2.24, 2.45) is 11.1 Å². The SMILES string of the molecule is COC(=O)CC1(C(C)(C)N)CCCCC1. The predicted molar refractivity (Wildman–Crippen MR) is 60.4 cm³/mol. The van der Waals surface area contributed by atoms with Crippen molar-refractivity contribution in [3.05, 3.63) is 0 Å². The zero-order chi connectivity index (χ0) is 11.5. The molecule has 0 aliphatic heterocycles. The molecule has 0 bridgehead atoms. The summed E-state index contributed by atoms with van der Waals surface area (Å²) in [6, 6.07) is 0. The van der Waals surface area contributed by atoms with Crippen LogP contribution in [-0.2, 0) is 9.53 Å². The predicted octanol–water partition coefficient (Wildman–Crippen LogP) is 2.24. The molecule has 0 amide bonds. The van der Waals surface area contributed by atoms with Crippen molar-refractivity contribution < 1.29 is 9.53 Å². The van der Waals surface area contributed by atoms with E-state index in [9.17, 15) is 4.79 Å². The van der Waals surface area contributed by atoms with E-state index in [4.69, 9.17) is 10.5 Å². The highest BCUT2D eigenvalue weighted by Crippen LogP contribution is 2.46. The van der Waals surface area contributed by atoms with E-state index in [0.717, 1.165) is 12.8 Å². The number of ether oxygens (including phenoxy) is 1. The first-order valence-corrected chi connectivity index (χ1v) is 5.77. The quantitative estimate of drug-likeness (QED) is 0.731. The fourth-order valence-electron chi connectivity index (χ4n) is 2.63. The van der Waals surface area contributed by atoms with Gasteiger partial charge in [-0.15, -0.1) is 0 Å². The minimum absolute atomic E-state index is 0.0572. The topological polar surface area (TPSA) is 52.3 Å². The fourth-order valence-corrected chi connectivity index (χ4v) is 2.63. The monoisotopic (exact) mass is 213 g/mol. The van der Waals surface area contributed by atoms with Crippen LogP contribution in [0.4, 0.5) is 0 Å². The Balaban J connectivity index is 2.80. The van der Waals surface area contributed by atoms with E-state index >= 15 is 0 Å². The van der Waals surface area contributed by atoms with Gasteiger partial charge in [0.15, 0.2) is 0 Å². The van der Waals surface area contributed by atoms with Gasteiger partial charge in [-0.3, -0.25) is 4.79 Å². The highest BCUT2D eigenvalue weighted by Gasteiger charge is 2.44. The minimum atomic E-state index is -0.304. The van der Waals surface area contributed by atoms with E-state index in [2.05, 4.69) is 0 Å². The van der Waals surface area contributed by atoms with Crippen molar-refractivity contribution in [1.29, 1.82) is 0 Å². The second-order valence-electron chi connectivity index (χ2n) is 5.32. The van der Waals surface area contributed by atoms with Crippen LogP contribution in [0.2, 0.25) is 0 Å². The Labute approximate surface area is 92.4 Å². The van der Waals surface area contributed by atoms with Gasteiger partial charge in [0.1, 0.15) is 0 Å². The van der Waals surface area contributed by atoms with Crippen molar-refractivity contribution in [1.82, 2.24) is 0 Å². The van der Waals surface area contributed by atoms with Gasteiger partial charge in [0.2, 0.25) is 0 Å². The summed E-state index contributed by atoms with van der Waals surface area (Å²) in [7, 11) is 1.45. The van der Waals surface area contributed by atoms with Crippen LogP contribution in [0.1, 0.15) is 52.4 Å². The average Bonchev–Trinajstić information content (AvgIpc) is 2.17. The lowest BCUT2D eigenvalue weighted by Crippen LogP contribution is -2.52. The maximum Gasteiger partial charge on any atom is 0.306 e. The molecule has 0 unspecified atom stereocenters. The third-order valence-electron chi connectivity index (χ3n) is 3.89.